The van der Waals surface area contributed by atoms with Crippen LogP contribution in [0.4, 0.5) is 4.39 Å². The highest BCUT2D eigenvalue weighted by Gasteiger charge is 2.47. The molecule has 162 valence electrons. The third-order valence-electron chi connectivity index (χ3n) is 6.12. The van der Waals surface area contributed by atoms with Crippen LogP contribution in [-0.4, -0.2) is 33.4 Å². The van der Waals surface area contributed by atoms with Crippen LogP contribution in [0.2, 0.25) is 0 Å². The van der Waals surface area contributed by atoms with Gasteiger partial charge in [0.25, 0.3) is 5.91 Å². The van der Waals surface area contributed by atoms with E-state index in [9.17, 15) is 14.0 Å². The number of halogens is 1. The zero-order valence-corrected chi connectivity index (χ0v) is 18.2. The number of amides is 2. The molecule has 1 N–H and O–H groups in total. The van der Waals surface area contributed by atoms with Gasteiger partial charge in [0.15, 0.2) is 0 Å². The molecule has 0 spiro atoms. The first-order chi connectivity index (χ1) is 14.8. The van der Waals surface area contributed by atoms with E-state index in [0.29, 0.717) is 30.3 Å². The van der Waals surface area contributed by atoms with Gasteiger partial charge in [-0.05, 0) is 37.5 Å². The van der Waals surface area contributed by atoms with Crippen molar-refractivity contribution in [1.29, 1.82) is 0 Å². The fourth-order valence-corrected chi connectivity index (χ4v) is 4.22. The van der Waals surface area contributed by atoms with E-state index in [4.69, 9.17) is 0 Å². The molecule has 3 aromatic rings. The summed E-state index contributed by atoms with van der Waals surface area (Å²) < 4.78 is 16.3. The Bertz CT molecular complexity index is 1140. The maximum absolute atomic E-state index is 14.4. The van der Waals surface area contributed by atoms with Crippen molar-refractivity contribution in [2.45, 2.75) is 45.8 Å². The summed E-state index contributed by atoms with van der Waals surface area (Å²) in [6.45, 7) is 6.84. The van der Waals surface area contributed by atoms with Gasteiger partial charge in [0.1, 0.15) is 17.1 Å². The van der Waals surface area contributed by atoms with Crippen LogP contribution in [-0.2, 0) is 17.9 Å². The Morgan fingerprint density at radius 3 is 2.61 bits per heavy atom. The monoisotopic (exact) mass is 421 g/mol. The van der Waals surface area contributed by atoms with Crippen LogP contribution < -0.4 is 5.32 Å². The second-order valence-corrected chi connectivity index (χ2v) is 8.87. The molecule has 1 atom stereocenters. The predicted molar refractivity (Wildman–Crippen MR) is 119 cm³/mol. The van der Waals surface area contributed by atoms with E-state index in [1.807, 2.05) is 34.9 Å². The normalized spacial score (nSPS) is 18.5. The van der Waals surface area contributed by atoms with E-state index in [2.05, 4.69) is 19.2 Å². The second-order valence-electron chi connectivity index (χ2n) is 8.87. The Labute approximate surface area is 181 Å². The summed E-state index contributed by atoms with van der Waals surface area (Å²) in [4.78, 5) is 28.5. The highest BCUT2D eigenvalue weighted by Crippen LogP contribution is 2.33. The molecule has 2 heterocycles. The number of nitrogens with zero attached hydrogens (tertiary/aromatic N) is 2. The molecule has 1 aromatic heterocycles. The van der Waals surface area contributed by atoms with Crippen molar-refractivity contribution < 1.29 is 14.0 Å². The van der Waals surface area contributed by atoms with Crippen LogP contribution in [0.5, 0.6) is 0 Å². The Morgan fingerprint density at radius 1 is 1.16 bits per heavy atom. The third kappa shape index (κ3) is 3.82. The fourth-order valence-electron chi connectivity index (χ4n) is 4.22. The van der Waals surface area contributed by atoms with Crippen molar-refractivity contribution >= 4 is 22.7 Å². The summed E-state index contributed by atoms with van der Waals surface area (Å²) in [5.41, 5.74) is 0.676. The zero-order valence-electron chi connectivity index (χ0n) is 18.2. The molecule has 2 amide bonds. The molecule has 1 aliphatic heterocycles. The number of hydrogen-bond acceptors (Lipinski definition) is 2. The van der Waals surface area contributed by atoms with Gasteiger partial charge in [0.05, 0.1) is 13.1 Å². The minimum atomic E-state index is -1.15. The Morgan fingerprint density at radius 2 is 1.87 bits per heavy atom. The number of hydrogen-bond donors (Lipinski definition) is 1. The van der Waals surface area contributed by atoms with Gasteiger partial charge in [-0.2, -0.15) is 0 Å². The molecule has 0 saturated heterocycles. The van der Waals surface area contributed by atoms with Crippen LogP contribution in [0.25, 0.3) is 10.9 Å². The number of benzene rings is 2. The smallest absolute Gasteiger partial charge is 0.271 e. The number of carbonyl (C=O) groups excluding carboxylic acids is 2. The first-order valence-corrected chi connectivity index (χ1v) is 10.7. The van der Waals surface area contributed by atoms with Gasteiger partial charge in [0, 0.05) is 23.0 Å². The number of fused-ring (bicyclic) bond motifs is 3. The standard InChI is InChI=1S/C25H28FN3O2/c1-17(2)12-13-27-24(31)25(3)16-28-21-11-7-5-8-18(21)14-22(28)23(30)29(25)15-19-9-4-6-10-20(19)26/h4-11,14,17H,12-13,15-16H2,1-3H3,(H,27,31)/t25-/m0/s1. The average molecular weight is 422 g/mol. The van der Waals surface area contributed by atoms with Crippen molar-refractivity contribution in [3.8, 4) is 0 Å². The first kappa shape index (κ1) is 21.1. The van der Waals surface area contributed by atoms with Gasteiger partial charge in [-0.15, -0.1) is 0 Å². The molecule has 0 saturated carbocycles. The lowest BCUT2D eigenvalue weighted by atomic mass is 9.93. The van der Waals surface area contributed by atoms with Crippen molar-refractivity contribution in [2.24, 2.45) is 5.92 Å². The van der Waals surface area contributed by atoms with Crippen molar-refractivity contribution in [2.75, 3.05) is 6.54 Å². The average Bonchev–Trinajstić information content (AvgIpc) is 3.10. The number of rotatable bonds is 6. The maximum atomic E-state index is 14.4. The van der Waals surface area contributed by atoms with Gasteiger partial charge in [-0.25, -0.2) is 4.39 Å². The van der Waals surface area contributed by atoms with Gasteiger partial charge >= 0.3 is 0 Å². The molecule has 0 radical (unpaired) electrons. The summed E-state index contributed by atoms with van der Waals surface area (Å²) >= 11 is 0. The molecule has 4 rings (SSSR count). The molecular formula is C25H28FN3O2. The van der Waals surface area contributed by atoms with E-state index in [1.165, 1.54) is 11.0 Å². The van der Waals surface area contributed by atoms with E-state index >= 15 is 0 Å². The quantitative estimate of drug-likeness (QED) is 0.643. The molecular weight excluding hydrogens is 393 g/mol. The minimum absolute atomic E-state index is 0.0289. The zero-order chi connectivity index (χ0) is 22.2. The molecule has 2 aromatic carbocycles. The van der Waals surface area contributed by atoms with Gasteiger partial charge in [-0.1, -0.05) is 50.2 Å². The molecule has 6 heteroatoms. The Balaban J connectivity index is 1.76. The number of para-hydroxylation sites is 1. The van der Waals surface area contributed by atoms with Crippen LogP contribution in [0.15, 0.2) is 54.6 Å². The lowest BCUT2D eigenvalue weighted by molar-refractivity contribution is -0.133. The third-order valence-corrected chi connectivity index (χ3v) is 6.12. The van der Waals surface area contributed by atoms with Crippen molar-refractivity contribution in [3.63, 3.8) is 0 Å². The molecule has 5 nitrogen and oxygen atoms in total. The van der Waals surface area contributed by atoms with Gasteiger partial charge in [-0.3, -0.25) is 9.59 Å². The molecule has 0 fully saturated rings. The summed E-state index contributed by atoms with van der Waals surface area (Å²) in [5.74, 6) is -0.423. The summed E-state index contributed by atoms with van der Waals surface area (Å²) in [6, 6.07) is 16.0. The second kappa shape index (κ2) is 8.17. The van der Waals surface area contributed by atoms with Crippen molar-refractivity contribution in [3.05, 3.63) is 71.7 Å². The largest absolute Gasteiger partial charge is 0.354 e. The minimum Gasteiger partial charge on any atom is -0.354 e. The summed E-state index contributed by atoms with van der Waals surface area (Å²) in [5, 5.41) is 3.95. The van der Waals surface area contributed by atoms with E-state index < -0.39 is 5.54 Å². The molecule has 0 unspecified atom stereocenters. The van der Waals surface area contributed by atoms with E-state index in [0.717, 1.165) is 17.3 Å². The number of nitrogens with one attached hydrogen (secondary N) is 1. The molecule has 1 aliphatic rings. The van der Waals surface area contributed by atoms with Gasteiger partial charge < -0.3 is 14.8 Å². The molecule has 31 heavy (non-hydrogen) atoms. The van der Waals surface area contributed by atoms with E-state index in [-0.39, 0.29) is 24.2 Å². The Kier molecular flexibility index (Phi) is 5.56. The van der Waals surface area contributed by atoms with Crippen LogP contribution in [0.3, 0.4) is 0 Å². The topological polar surface area (TPSA) is 54.3 Å². The summed E-state index contributed by atoms with van der Waals surface area (Å²) in [7, 11) is 0. The first-order valence-electron chi connectivity index (χ1n) is 10.7. The SMILES string of the molecule is CC(C)CCNC(=O)[C@]1(C)Cn2c(cc3ccccc32)C(=O)N1Cc1ccccc1F. The van der Waals surface area contributed by atoms with Crippen LogP contribution in [0, 0.1) is 11.7 Å². The number of aromatic nitrogens is 1. The van der Waals surface area contributed by atoms with Gasteiger partial charge in [0.2, 0.25) is 5.91 Å². The van der Waals surface area contributed by atoms with Crippen LogP contribution in [0.1, 0.15) is 43.2 Å². The molecule has 0 aliphatic carbocycles. The Hall–Kier alpha value is -3.15. The predicted octanol–water partition coefficient (Wildman–Crippen LogP) is 4.36. The fraction of sp³-hybridized carbons (Fsp3) is 0.360. The number of carbonyl (C=O) groups is 2. The highest BCUT2D eigenvalue weighted by atomic mass is 19.1. The highest BCUT2D eigenvalue weighted by molar-refractivity contribution is 6.03. The summed E-state index contributed by atoms with van der Waals surface area (Å²) in [6.07, 6.45) is 0.848. The molecule has 0 bridgehead atoms. The lowest BCUT2D eigenvalue weighted by Gasteiger charge is -2.44. The van der Waals surface area contributed by atoms with E-state index in [1.54, 1.807) is 25.1 Å². The van der Waals surface area contributed by atoms with Crippen molar-refractivity contribution in [1.82, 2.24) is 14.8 Å². The lowest BCUT2D eigenvalue weighted by Crippen LogP contribution is -2.63. The maximum Gasteiger partial charge on any atom is 0.271 e. The van der Waals surface area contributed by atoms with Crippen LogP contribution >= 0.6 is 0 Å².